The fourth-order valence-electron chi connectivity index (χ4n) is 2.29. The largest absolute Gasteiger partial charge is 0.351 e. The summed E-state index contributed by atoms with van der Waals surface area (Å²) >= 11 is 1.93. The fraction of sp³-hybridized carbons (Fsp3) is 0.909. The van der Waals surface area contributed by atoms with Gasteiger partial charge < -0.3 is 10.6 Å². The van der Waals surface area contributed by atoms with Crippen LogP contribution in [-0.2, 0) is 4.79 Å². The Bertz CT molecular complexity index is 211. The van der Waals surface area contributed by atoms with E-state index in [0.717, 1.165) is 12.2 Å². The smallest absolute Gasteiger partial charge is 0.234 e. The van der Waals surface area contributed by atoms with E-state index in [9.17, 15) is 4.79 Å². The van der Waals surface area contributed by atoms with Crippen LogP contribution in [0, 0.1) is 0 Å². The predicted octanol–water partition coefficient (Wildman–Crippen LogP) is 1.14. The number of amides is 1. The summed E-state index contributed by atoms with van der Waals surface area (Å²) in [7, 11) is 0. The van der Waals surface area contributed by atoms with Crippen LogP contribution >= 0.6 is 11.8 Å². The van der Waals surface area contributed by atoms with Gasteiger partial charge in [0.05, 0.1) is 6.54 Å². The number of thioether (sulfide) groups is 1. The minimum atomic E-state index is 0.175. The van der Waals surface area contributed by atoms with Gasteiger partial charge in [0.2, 0.25) is 5.91 Å². The molecule has 0 aromatic carbocycles. The Morgan fingerprint density at radius 2 is 2.00 bits per heavy atom. The summed E-state index contributed by atoms with van der Waals surface area (Å²) in [5.74, 6) is 2.46. The molecule has 1 aliphatic carbocycles. The van der Waals surface area contributed by atoms with Gasteiger partial charge in [-0.05, 0) is 25.0 Å². The highest BCUT2D eigenvalue weighted by Gasteiger charge is 2.19. The van der Waals surface area contributed by atoms with Crippen molar-refractivity contribution in [1.29, 1.82) is 0 Å². The Hall–Kier alpha value is -0.220. The standard InChI is InChI=1S/C11H20N2OS/c14-11(13-10-5-6-15-8-10)7-12-9-3-1-2-4-9/h9-10,12H,1-8H2,(H,13,14). The number of carbonyl (C=O) groups excluding carboxylic acids is 1. The second-order valence-corrected chi connectivity index (χ2v) is 5.64. The van der Waals surface area contributed by atoms with Crippen molar-refractivity contribution in [1.82, 2.24) is 10.6 Å². The molecule has 2 aliphatic rings. The average Bonchev–Trinajstić information content (AvgIpc) is 2.86. The van der Waals surface area contributed by atoms with E-state index in [1.807, 2.05) is 11.8 Å². The van der Waals surface area contributed by atoms with E-state index in [1.54, 1.807) is 0 Å². The topological polar surface area (TPSA) is 41.1 Å². The Morgan fingerprint density at radius 3 is 2.67 bits per heavy atom. The first-order chi connectivity index (χ1) is 7.34. The van der Waals surface area contributed by atoms with E-state index in [2.05, 4.69) is 10.6 Å². The number of rotatable bonds is 4. The molecule has 15 heavy (non-hydrogen) atoms. The van der Waals surface area contributed by atoms with Crippen molar-refractivity contribution in [3.8, 4) is 0 Å². The normalized spacial score (nSPS) is 27.1. The number of nitrogens with one attached hydrogen (secondary N) is 2. The maximum absolute atomic E-state index is 11.6. The highest BCUT2D eigenvalue weighted by molar-refractivity contribution is 7.99. The molecule has 1 saturated carbocycles. The molecule has 0 spiro atoms. The molecule has 4 heteroatoms. The quantitative estimate of drug-likeness (QED) is 0.758. The summed E-state index contributed by atoms with van der Waals surface area (Å²) in [5, 5.41) is 6.42. The highest BCUT2D eigenvalue weighted by Crippen LogP contribution is 2.18. The van der Waals surface area contributed by atoms with Gasteiger partial charge in [0.25, 0.3) is 0 Å². The molecule has 0 bridgehead atoms. The van der Waals surface area contributed by atoms with Crippen LogP contribution in [0.3, 0.4) is 0 Å². The van der Waals surface area contributed by atoms with Crippen molar-refractivity contribution < 1.29 is 4.79 Å². The second kappa shape index (κ2) is 5.75. The first-order valence-corrected chi connectivity index (χ1v) is 7.10. The number of hydrogen-bond acceptors (Lipinski definition) is 3. The predicted molar refractivity (Wildman–Crippen MR) is 64.1 cm³/mol. The van der Waals surface area contributed by atoms with E-state index < -0.39 is 0 Å². The molecule has 1 aliphatic heterocycles. The molecule has 1 heterocycles. The lowest BCUT2D eigenvalue weighted by Crippen LogP contribution is -2.42. The molecule has 0 radical (unpaired) electrons. The molecule has 1 atom stereocenters. The molecule has 1 saturated heterocycles. The molecule has 1 amide bonds. The van der Waals surface area contributed by atoms with Crippen molar-refractivity contribution in [2.45, 2.75) is 44.2 Å². The summed E-state index contributed by atoms with van der Waals surface area (Å²) in [6.45, 7) is 0.506. The number of carbonyl (C=O) groups is 1. The van der Waals surface area contributed by atoms with Crippen LogP contribution in [0.1, 0.15) is 32.1 Å². The molecule has 2 fully saturated rings. The van der Waals surface area contributed by atoms with E-state index >= 15 is 0 Å². The molecule has 2 N–H and O–H groups in total. The van der Waals surface area contributed by atoms with Crippen LogP contribution < -0.4 is 10.6 Å². The van der Waals surface area contributed by atoms with Crippen molar-refractivity contribution in [3.63, 3.8) is 0 Å². The van der Waals surface area contributed by atoms with Gasteiger partial charge in [-0.15, -0.1) is 0 Å². The Labute approximate surface area is 95.8 Å². The third kappa shape index (κ3) is 3.68. The van der Waals surface area contributed by atoms with E-state index in [1.165, 1.54) is 31.4 Å². The average molecular weight is 228 g/mol. The number of hydrogen-bond donors (Lipinski definition) is 2. The monoisotopic (exact) mass is 228 g/mol. The summed E-state index contributed by atoms with van der Waals surface area (Å²) in [6, 6.07) is 1.02. The summed E-state index contributed by atoms with van der Waals surface area (Å²) in [4.78, 5) is 11.6. The van der Waals surface area contributed by atoms with Gasteiger partial charge in [0.1, 0.15) is 0 Å². The van der Waals surface area contributed by atoms with Gasteiger partial charge in [-0.25, -0.2) is 0 Å². The van der Waals surface area contributed by atoms with Gasteiger partial charge in [-0.1, -0.05) is 12.8 Å². The molecule has 86 valence electrons. The van der Waals surface area contributed by atoms with Crippen molar-refractivity contribution in [3.05, 3.63) is 0 Å². The summed E-state index contributed by atoms with van der Waals surface area (Å²) < 4.78 is 0. The molecule has 3 nitrogen and oxygen atoms in total. The van der Waals surface area contributed by atoms with Crippen LogP contribution in [0.15, 0.2) is 0 Å². The van der Waals surface area contributed by atoms with E-state index in [-0.39, 0.29) is 5.91 Å². The van der Waals surface area contributed by atoms with Gasteiger partial charge in [-0.3, -0.25) is 4.79 Å². The van der Waals surface area contributed by atoms with Crippen LogP contribution in [0.25, 0.3) is 0 Å². The SMILES string of the molecule is O=C(CNC1CCCC1)NC1CCSC1. The maximum Gasteiger partial charge on any atom is 0.234 e. The maximum atomic E-state index is 11.6. The van der Waals surface area contributed by atoms with Crippen LogP contribution in [-0.4, -0.2) is 36.0 Å². The third-order valence-corrected chi connectivity index (χ3v) is 4.36. The molecular weight excluding hydrogens is 208 g/mol. The van der Waals surface area contributed by atoms with Gasteiger partial charge in [0, 0.05) is 17.8 Å². The zero-order valence-electron chi connectivity index (χ0n) is 9.13. The zero-order chi connectivity index (χ0) is 10.5. The van der Waals surface area contributed by atoms with Crippen LogP contribution in [0.4, 0.5) is 0 Å². The molecular formula is C11H20N2OS. The Morgan fingerprint density at radius 1 is 1.20 bits per heavy atom. The lowest BCUT2D eigenvalue weighted by atomic mass is 10.2. The fourth-order valence-corrected chi connectivity index (χ4v) is 3.45. The lowest BCUT2D eigenvalue weighted by molar-refractivity contribution is -0.120. The molecule has 0 aromatic heterocycles. The van der Waals surface area contributed by atoms with Gasteiger partial charge in [-0.2, -0.15) is 11.8 Å². The van der Waals surface area contributed by atoms with Crippen LogP contribution in [0.5, 0.6) is 0 Å². The van der Waals surface area contributed by atoms with Gasteiger partial charge >= 0.3 is 0 Å². The molecule has 1 unspecified atom stereocenters. The molecule has 0 aromatic rings. The summed E-state index contributed by atoms with van der Waals surface area (Å²) in [5.41, 5.74) is 0. The highest BCUT2D eigenvalue weighted by atomic mass is 32.2. The Kier molecular flexibility index (Phi) is 4.32. The zero-order valence-corrected chi connectivity index (χ0v) is 9.94. The molecule has 2 rings (SSSR count). The first-order valence-electron chi connectivity index (χ1n) is 5.95. The Balaban J connectivity index is 1.59. The van der Waals surface area contributed by atoms with Crippen molar-refractivity contribution >= 4 is 17.7 Å². The summed E-state index contributed by atoms with van der Waals surface area (Å²) in [6.07, 6.45) is 6.26. The van der Waals surface area contributed by atoms with E-state index in [0.29, 0.717) is 18.6 Å². The van der Waals surface area contributed by atoms with Gasteiger partial charge in [0.15, 0.2) is 0 Å². The minimum Gasteiger partial charge on any atom is -0.351 e. The second-order valence-electron chi connectivity index (χ2n) is 4.49. The van der Waals surface area contributed by atoms with Crippen molar-refractivity contribution in [2.75, 3.05) is 18.1 Å². The van der Waals surface area contributed by atoms with Crippen molar-refractivity contribution in [2.24, 2.45) is 0 Å². The minimum absolute atomic E-state index is 0.175. The van der Waals surface area contributed by atoms with E-state index in [4.69, 9.17) is 0 Å². The third-order valence-electron chi connectivity index (χ3n) is 3.20. The van der Waals surface area contributed by atoms with Crippen LogP contribution in [0.2, 0.25) is 0 Å². The first kappa shape index (κ1) is 11.3. The lowest BCUT2D eigenvalue weighted by Gasteiger charge is -2.14.